The van der Waals surface area contributed by atoms with Gasteiger partial charge in [-0.15, -0.1) is 0 Å². The van der Waals surface area contributed by atoms with E-state index >= 15 is 0 Å². The van der Waals surface area contributed by atoms with Crippen LogP contribution in [0.3, 0.4) is 0 Å². The molecule has 1 aromatic carbocycles. The van der Waals surface area contributed by atoms with Crippen molar-refractivity contribution in [3.05, 3.63) is 58.5 Å². The van der Waals surface area contributed by atoms with Crippen LogP contribution >= 0.6 is 0 Å². The standard InChI is InChI=1S/C19H21N3O4/c1-13(2)19(18(25)26)10-11-21(12-19)17(24)15-8-9-16(23)22(20-15)14-6-4-3-5-7-14/h3-9,13H,10-12H2,1-2H3,(H,25,26). The number of rotatable bonds is 4. The van der Waals surface area contributed by atoms with E-state index in [2.05, 4.69) is 5.10 Å². The number of carboxylic acid groups (broad SMARTS) is 1. The predicted molar refractivity (Wildman–Crippen MR) is 95.3 cm³/mol. The number of amides is 1. The summed E-state index contributed by atoms with van der Waals surface area (Å²) in [5.74, 6) is -1.34. The van der Waals surface area contributed by atoms with E-state index < -0.39 is 11.4 Å². The van der Waals surface area contributed by atoms with E-state index in [0.717, 1.165) is 0 Å². The van der Waals surface area contributed by atoms with E-state index in [4.69, 9.17) is 0 Å². The van der Waals surface area contributed by atoms with E-state index in [1.165, 1.54) is 21.7 Å². The van der Waals surface area contributed by atoms with Gasteiger partial charge in [-0.2, -0.15) is 9.78 Å². The number of carbonyl (C=O) groups is 2. The average molecular weight is 355 g/mol. The minimum atomic E-state index is -0.941. The lowest BCUT2D eigenvalue weighted by Gasteiger charge is -2.28. The first-order chi connectivity index (χ1) is 12.3. The van der Waals surface area contributed by atoms with Crippen LogP contribution in [0.4, 0.5) is 0 Å². The second kappa shape index (κ2) is 6.74. The quantitative estimate of drug-likeness (QED) is 0.903. The molecule has 0 aliphatic carbocycles. The zero-order valence-corrected chi connectivity index (χ0v) is 14.8. The van der Waals surface area contributed by atoms with Crippen LogP contribution in [0.2, 0.25) is 0 Å². The van der Waals surface area contributed by atoms with Crippen LogP contribution in [0.1, 0.15) is 30.8 Å². The van der Waals surface area contributed by atoms with Crippen LogP contribution in [-0.2, 0) is 4.79 Å². The molecule has 2 heterocycles. The van der Waals surface area contributed by atoms with Gasteiger partial charge in [0.1, 0.15) is 5.69 Å². The van der Waals surface area contributed by atoms with Crippen LogP contribution in [0.25, 0.3) is 5.69 Å². The summed E-state index contributed by atoms with van der Waals surface area (Å²) in [5, 5.41) is 13.8. The first-order valence-electron chi connectivity index (χ1n) is 8.53. The number of para-hydroxylation sites is 1. The number of nitrogens with zero attached hydrogens (tertiary/aromatic N) is 3. The Kier molecular flexibility index (Phi) is 4.63. The van der Waals surface area contributed by atoms with Crippen LogP contribution in [0.15, 0.2) is 47.3 Å². The van der Waals surface area contributed by atoms with Gasteiger partial charge < -0.3 is 10.0 Å². The Morgan fingerprint density at radius 2 is 1.85 bits per heavy atom. The number of benzene rings is 1. The van der Waals surface area contributed by atoms with Gasteiger partial charge in [0.25, 0.3) is 11.5 Å². The highest BCUT2D eigenvalue weighted by Gasteiger charge is 2.48. The Bertz CT molecular complexity index is 891. The molecule has 0 spiro atoms. The maximum atomic E-state index is 12.8. The van der Waals surface area contributed by atoms with Crippen LogP contribution in [0.5, 0.6) is 0 Å². The second-order valence-corrected chi connectivity index (χ2v) is 6.90. The highest BCUT2D eigenvalue weighted by molar-refractivity contribution is 5.93. The smallest absolute Gasteiger partial charge is 0.311 e. The largest absolute Gasteiger partial charge is 0.481 e. The zero-order valence-electron chi connectivity index (χ0n) is 14.8. The minimum absolute atomic E-state index is 0.0935. The van der Waals surface area contributed by atoms with Gasteiger partial charge in [0.05, 0.1) is 11.1 Å². The first kappa shape index (κ1) is 17.8. The summed E-state index contributed by atoms with van der Waals surface area (Å²) >= 11 is 0. The Labute approximate surface area is 150 Å². The Morgan fingerprint density at radius 1 is 1.15 bits per heavy atom. The summed E-state index contributed by atoms with van der Waals surface area (Å²) in [6, 6.07) is 11.5. The molecule has 1 unspecified atom stereocenters. The third kappa shape index (κ3) is 3.00. The molecule has 136 valence electrons. The van der Waals surface area contributed by atoms with E-state index in [9.17, 15) is 19.5 Å². The van der Waals surface area contributed by atoms with Gasteiger partial charge in [0.15, 0.2) is 0 Å². The number of aromatic nitrogens is 2. The third-order valence-corrected chi connectivity index (χ3v) is 5.14. The monoisotopic (exact) mass is 355 g/mol. The van der Waals surface area contributed by atoms with Gasteiger partial charge in [0, 0.05) is 19.2 Å². The summed E-state index contributed by atoms with van der Waals surface area (Å²) in [5.41, 5.74) is -0.589. The molecule has 7 heteroatoms. The summed E-state index contributed by atoms with van der Waals surface area (Å²) in [4.78, 5) is 38.2. The normalized spacial score (nSPS) is 19.7. The number of aliphatic carboxylic acids is 1. The van der Waals surface area contributed by atoms with Crippen LogP contribution in [0, 0.1) is 11.3 Å². The van der Waals surface area contributed by atoms with Gasteiger partial charge in [0.2, 0.25) is 0 Å². The van der Waals surface area contributed by atoms with E-state index in [1.54, 1.807) is 24.3 Å². The predicted octanol–water partition coefficient (Wildman–Crippen LogP) is 1.81. The second-order valence-electron chi connectivity index (χ2n) is 6.90. The highest BCUT2D eigenvalue weighted by Crippen LogP contribution is 2.38. The van der Waals surface area contributed by atoms with Crippen molar-refractivity contribution < 1.29 is 14.7 Å². The molecular formula is C19H21N3O4. The summed E-state index contributed by atoms with van der Waals surface area (Å²) in [7, 11) is 0. The molecular weight excluding hydrogens is 334 g/mol. The summed E-state index contributed by atoms with van der Waals surface area (Å²) in [6.45, 7) is 4.21. The molecule has 26 heavy (non-hydrogen) atoms. The molecule has 1 aliphatic heterocycles. The Balaban J connectivity index is 1.90. The molecule has 7 nitrogen and oxygen atoms in total. The van der Waals surface area contributed by atoms with Crippen molar-refractivity contribution in [2.24, 2.45) is 11.3 Å². The van der Waals surface area contributed by atoms with Crippen molar-refractivity contribution in [3.63, 3.8) is 0 Å². The number of hydrogen-bond donors (Lipinski definition) is 1. The van der Waals surface area contributed by atoms with Crippen molar-refractivity contribution in [2.45, 2.75) is 20.3 Å². The van der Waals surface area contributed by atoms with Crippen LogP contribution < -0.4 is 5.56 Å². The van der Waals surface area contributed by atoms with Crippen molar-refractivity contribution in [1.29, 1.82) is 0 Å². The molecule has 0 saturated carbocycles. The molecule has 1 saturated heterocycles. The maximum Gasteiger partial charge on any atom is 0.311 e. The third-order valence-electron chi connectivity index (χ3n) is 5.14. The number of hydrogen-bond acceptors (Lipinski definition) is 4. The van der Waals surface area contributed by atoms with Gasteiger partial charge >= 0.3 is 5.97 Å². The number of carbonyl (C=O) groups excluding carboxylic acids is 1. The van der Waals surface area contributed by atoms with Crippen molar-refractivity contribution in [1.82, 2.24) is 14.7 Å². The maximum absolute atomic E-state index is 12.8. The fourth-order valence-corrected chi connectivity index (χ4v) is 3.34. The summed E-state index contributed by atoms with van der Waals surface area (Å²) in [6.07, 6.45) is 0.407. The summed E-state index contributed by atoms with van der Waals surface area (Å²) < 4.78 is 1.18. The fraction of sp³-hybridized carbons (Fsp3) is 0.368. The van der Waals surface area contributed by atoms with Crippen LogP contribution in [-0.4, -0.2) is 44.8 Å². The lowest BCUT2D eigenvalue weighted by Crippen LogP contribution is -2.41. The molecule has 2 aromatic rings. The first-order valence-corrected chi connectivity index (χ1v) is 8.53. The van der Waals surface area contributed by atoms with Gasteiger partial charge in [-0.25, -0.2) is 0 Å². The van der Waals surface area contributed by atoms with Crippen molar-refractivity contribution >= 4 is 11.9 Å². The number of likely N-dealkylation sites (tertiary alicyclic amines) is 1. The van der Waals surface area contributed by atoms with Crippen molar-refractivity contribution in [2.75, 3.05) is 13.1 Å². The highest BCUT2D eigenvalue weighted by atomic mass is 16.4. The molecule has 3 rings (SSSR count). The van der Waals surface area contributed by atoms with E-state index in [1.807, 2.05) is 19.9 Å². The topological polar surface area (TPSA) is 92.5 Å². The van der Waals surface area contributed by atoms with Crippen molar-refractivity contribution in [3.8, 4) is 5.69 Å². The molecule has 1 aliphatic rings. The molecule has 1 N–H and O–H groups in total. The van der Waals surface area contributed by atoms with E-state index in [-0.39, 0.29) is 29.6 Å². The van der Waals surface area contributed by atoms with Gasteiger partial charge in [-0.3, -0.25) is 14.4 Å². The zero-order chi connectivity index (χ0) is 18.9. The molecule has 1 atom stereocenters. The minimum Gasteiger partial charge on any atom is -0.481 e. The van der Waals surface area contributed by atoms with E-state index in [0.29, 0.717) is 18.7 Å². The SMILES string of the molecule is CC(C)C1(C(=O)O)CCN(C(=O)c2ccc(=O)n(-c3ccccc3)n2)C1. The molecule has 0 radical (unpaired) electrons. The molecule has 1 amide bonds. The average Bonchev–Trinajstić information content (AvgIpc) is 3.09. The Morgan fingerprint density at radius 3 is 2.42 bits per heavy atom. The molecule has 1 fully saturated rings. The van der Waals surface area contributed by atoms with Gasteiger partial charge in [-0.05, 0) is 30.5 Å². The lowest BCUT2D eigenvalue weighted by atomic mass is 9.76. The Hall–Kier alpha value is -2.96. The number of carboxylic acids is 1. The lowest BCUT2D eigenvalue weighted by molar-refractivity contribution is -0.150. The fourth-order valence-electron chi connectivity index (χ4n) is 3.34. The molecule has 1 aromatic heterocycles. The van der Waals surface area contributed by atoms with Gasteiger partial charge in [-0.1, -0.05) is 32.0 Å². The molecule has 0 bridgehead atoms.